The van der Waals surface area contributed by atoms with E-state index in [4.69, 9.17) is 11.5 Å². The van der Waals surface area contributed by atoms with E-state index in [1.165, 1.54) is 212 Å². The largest absolute Gasteiger partial charge is 0.390 e. The molecule has 0 aliphatic heterocycles. The predicted molar refractivity (Wildman–Crippen MR) is 318 cm³/mol. The zero-order valence-corrected chi connectivity index (χ0v) is 47.7. The minimum atomic E-state index is -0.483. The molecule has 0 aromatic heterocycles. The number of hydrogen-bond donors (Lipinski definition) is 4. The maximum atomic E-state index is 10.7. The fraction of sp³-hybridized carbons (Fsp3) is 0.812. The Balaban J connectivity index is 5.04. The summed E-state index contributed by atoms with van der Waals surface area (Å²) in [5.41, 5.74) is 11.9. The molecule has 7 heteroatoms. The number of allylic oxidation sites excluding steroid dienone is 12. The summed E-state index contributed by atoms with van der Waals surface area (Å²) in [5, 5.41) is 21.3. The summed E-state index contributed by atoms with van der Waals surface area (Å²) in [6.45, 7) is 15.8. The van der Waals surface area contributed by atoms with Crippen LogP contribution in [0.3, 0.4) is 0 Å². The van der Waals surface area contributed by atoms with Crippen LogP contribution in [0.4, 0.5) is 0 Å². The molecule has 0 heterocycles. The zero-order valence-electron chi connectivity index (χ0n) is 47.7. The molecular formula is C64H123N5O2. The molecule has 0 rings (SSSR count). The van der Waals surface area contributed by atoms with Crippen molar-refractivity contribution in [2.24, 2.45) is 11.5 Å². The number of unbranched alkanes of at least 4 members (excludes halogenated alkanes) is 27. The Hall–Kier alpha value is -1.84. The molecule has 0 spiro atoms. The summed E-state index contributed by atoms with van der Waals surface area (Å²) in [6, 6.07) is 0. The molecule has 416 valence electrons. The van der Waals surface area contributed by atoms with Gasteiger partial charge in [0.15, 0.2) is 0 Å². The molecular weight excluding hydrogens is 871 g/mol. The number of aliphatic hydroxyl groups is 2. The van der Waals surface area contributed by atoms with Gasteiger partial charge in [-0.2, -0.15) is 0 Å². The van der Waals surface area contributed by atoms with E-state index >= 15 is 0 Å². The Bertz CT molecular complexity index is 1150. The van der Waals surface area contributed by atoms with E-state index in [1.54, 1.807) is 0 Å². The van der Waals surface area contributed by atoms with Crippen molar-refractivity contribution in [3.05, 3.63) is 72.9 Å². The number of rotatable bonds is 57. The van der Waals surface area contributed by atoms with Crippen molar-refractivity contribution in [1.29, 1.82) is 0 Å². The van der Waals surface area contributed by atoms with E-state index in [9.17, 15) is 10.2 Å². The molecule has 0 saturated carbocycles. The highest BCUT2D eigenvalue weighted by atomic mass is 16.3. The third-order valence-corrected chi connectivity index (χ3v) is 14.0. The van der Waals surface area contributed by atoms with Crippen LogP contribution in [-0.4, -0.2) is 109 Å². The third kappa shape index (κ3) is 54.2. The van der Waals surface area contributed by atoms with Gasteiger partial charge in [0.25, 0.3) is 0 Å². The van der Waals surface area contributed by atoms with E-state index in [0.29, 0.717) is 26.2 Å². The molecule has 2 atom stereocenters. The summed E-state index contributed by atoms with van der Waals surface area (Å²) in [5.74, 6) is 0. The van der Waals surface area contributed by atoms with Crippen LogP contribution in [0.1, 0.15) is 252 Å². The fourth-order valence-electron chi connectivity index (χ4n) is 9.21. The lowest BCUT2D eigenvalue weighted by Gasteiger charge is -2.31. The van der Waals surface area contributed by atoms with Crippen LogP contribution in [0.5, 0.6) is 0 Å². The Labute approximate surface area is 443 Å². The summed E-state index contributed by atoms with van der Waals surface area (Å²) in [6.07, 6.45) is 72.5. The highest BCUT2D eigenvalue weighted by Gasteiger charge is 2.16. The Kier molecular flexibility index (Phi) is 57.5. The van der Waals surface area contributed by atoms with Crippen molar-refractivity contribution in [2.45, 2.75) is 264 Å². The molecule has 0 aliphatic rings. The van der Waals surface area contributed by atoms with Crippen molar-refractivity contribution >= 4 is 0 Å². The van der Waals surface area contributed by atoms with Crippen LogP contribution >= 0.6 is 0 Å². The van der Waals surface area contributed by atoms with Gasteiger partial charge in [0.1, 0.15) is 0 Å². The number of nitrogens with two attached hydrogens (primary N) is 2. The van der Waals surface area contributed by atoms with E-state index in [1.807, 2.05) is 0 Å². The highest BCUT2D eigenvalue weighted by molar-refractivity contribution is 4.94. The van der Waals surface area contributed by atoms with Crippen molar-refractivity contribution < 1.29 is 10.2 Å². The molecule has 7 nitrogen and oxygen atoms in total. The second-order valence-electron chi connectivity index (χ2n) is 21.0. The lowest BCUT2D eigenvalue weighted by molar-refractivity contribution is 0.0951. The molecule has 0 aliphatic carbocycles. The fourth-order valence-corrected chi connectivity index (χ4v) is 9.21. The SMILES string of the molecule is CCCCC/C=C/C/C=C\CCCCCCCCN(CCN(CCCCCCCC/C=C\C/C=C/CCCCC)CC(O)CN)CCN(CCCCCCCC/C=C\C/C=C/CCCCC)CC(O)CN. The Morgan fingerprint density at radius 3 is 0.775 bits per heavy atom. The molecule has 0 amide bonds. The van der Waals surface area contributed by atoms with Gasteiger partial charge < -0.3 is 26.6 Å². The predicted octanol–water partition coefficient (Wildman–Crippen LogP) is 16.0. The molecule has 0 saturated heterocycles. The standard InChI is InChI=1S/C64H123N5O2/c1-4-7-10-13-16-19-22-25-28-31-34-37-40-43-46-49-52-67(55-57-68(61-63(70)59-65)53-50-47-44-41-38-35-32-29-26-23-20-17-14-11-8-5-2)56-58-69(62-64(71)60-66)54-51-48-45-42-39-36-33-30-27-24-21-18-15-12-9-6-3/h16-21,25-30,63-64,70-71H,4-15,22-24,31-62,65-66H2,1-3H3/b19-16+,20-17+,21-18+,28-25-,29-26-,30-27-. The molecule has 0 fully saturated rings. The molecule has 2 unspecified atom stereocenters. The molecule has 0 bridgehead atoms. The van der Waals surface area contributed by atoms with Crippen LogP contribution in [0.25, 0.3) is 0 Å². The number of aliphatic hydroxyl groups excluding tert-OH is 2. The summed E-state index contributed by atoms with van der Waals surface area (Å²) < 4.78 is 0. The Morgan fingerprint density at radius 1 is 0.282 bits per heavy atom. The van der Waals surface area contributed by atoms with Gasteiger partial charge in [0, 0.05) is 52.4 Å². The van der Waals surface area contributed by atoms with Crippen molar-refractivity contribution in [3.63, 3.8) is 0 Å². The molecule has 0 aromatic rings. The van der Waals surface area contributed by atoms with Gasteiger partial charge in [0.2, 0.25) is 0 Å². The van der Waals surface area contributed by atoms with Gasteiger partial charge in [-0.1, -0.05) is 209 Å². The lowest BCUT2D eigenvalue weighted by Crippen LogP contribution is -2.45. The first-order valence-electron chi connectivity index (χ1n) is 30.8. The highest BCUT2D eigenvalue weighted by Crippen LogP contribution is 2.13. The first-order chi connectivity index (χ1) is 35.0. The van der Waals surface area contributed by atoms with E-state index < -0.39 is 12.2 Å². The van der Waals surface area contributed by atoms with Crippen molar-refractivity contribution in [3.8, 4) is 0 Å². The minimum Gasteiger partial charge on any atom is -0.390 e. The summed E-state index contributed by atoms with van der Waals surface area (Å²) in [7, 11) is 0. The van der Waals surface area contributed by atoms with Crippen LogP contribution in [0.2, 0.25) is 0 Å². The van der Waals surface area contributed by atoms with Crippen molar-refractivity contribution in [1.82, 2.24) is 14.7 Å². The monoisotopic (exact) mass is 994 g/mol. The van der Waals surface area contributed by atoms with Gasteiger partial charge in [-0.05, 0) is 135 Å². The number of nitrogens with zero attached hydrogens (tertiary/aromatic N) is 3. The van der Waals surface area contributed by atoms with Crippen LogP contribution in [0, 0.1) is 0 Å². The zero-order chi connectivity index (χ0) is 51.6. The van der Waals surface area contributed by atoms with E-state index in [0.717, 1.165) is 65.1 Å². The minimum absolute atomic E-state index is 0.309. The van der Waals surface area contributed by atoms with Gasteiger partial charge >= 0.3 is 0 Å². The first kappa shape index (κ1) is 69.2. The van der Waals surface area contributed by atoms with Crippen LogP contribution < -0.4 is 11.5 Å². The maximum absolute atomic E-state index is 10.7. The van der Waals surface area contributed by atoms with Crippen LogP contribution in [0.15, 0.2) is 72.9 Å². The topological polar surface area (TPSA) is 102 Å². The maximum Gasteiger partial charge on any atom is 0.0789 e. The van der Waals surface area contributed by atoms with Gasteiger partial charge in [-0.3, -0.25) is 9.80 Å². The van der Waals surface area contributed by atoms with E-state index in [-0.39, 0.29) is 0 Å². The average Bonchev–Trinajstić information content (AvgIpc) is 3.38. The van der Waals surface area contributed by atoms with Crippen molar-refractivity contribution in [2.75, 3.05) is 72.0 Å². The average molecular weight is 995 g/mol. The quantitative estimate of drug-likeness (QED) is 0.0356. The third-order valence-electron chi connectivity index (χ3n) is 14.0. The molecule has 0 aromatic carbocycles. The lowest BCUT2D eigenvalue weighted by atomic mass is 10.1. The second-order valence-corrected chi connectivity index (χ2v) is 21.0. The molecule has 6 N–H and O–H groups in total. The second kappa shape index (κ2) is 59.0. The normalized spacial score (nSPS) is 13.6. The summed E-state index contributed by atoms with van der Waals surface area (Å²) in [4.78, 5) is 7.63. The Morgan fingerprint density at radius 2 is 0.507 bits per heavy atom. The summed E-state index contributed by atoms with van der Waals surface area (Å²) >= 11 is 0. The smallest absolute Gasteiger partial charge is 0.0789 e. The van der Waals surface area contributed by atoms with Gasteiger partial charge in [-0.25, -0.2) is 0 Å². The van der Waals surface area contributed by atoms with Gasteiger partial charge in [-0.15, -0.1) is 0 Å². The first-order valence-corrected chi connectivity index (χ1v) is 30.8. The van der Waals surface area contributed by atoms with Crippen LogP contribution in [-0.2, 0) is 0 Å². The van der Waals surface area contributed by atoms with Gasteiger partial charge in [0.05, 0.1) is 12.2 Å². The van der Waals surface area contributed by atoms with E-state index in [2.05, 4.69) is 108 Å². The molecule has 0 radical (unpaired) electrons. The molecule has 71 heavy (non-hydrogen) atoms. The number of hydrogen-bond acceptors (Lipinski definition) is 7.